The first-order chi connectivity index (χ1) is 9.02. The molecular formula is C13H23N3O3. The number of urea groups is 1. The van der Waals surface area contributed by atoms with Gasteiger partial charge in [0.1, 0.15) is 5.54 Å². The number of rotatable bonds is 6. The van der Waals surface area contributed by atoms with Crippen molar-refractivity contribution in [1.29, 1.82) is 0 Å². The van der Waals surface area contributed by atoms with E-state index in [1.54, 1.807) is 6.92 Å². The standard InChI is InChI=1S/C13H23N3O3/c1-13(11(17)18,10-4-5-10)15-12(19)14-6-9-16-7-2-3-8-16/h10H,2-9H2,1H3,(H,17,18)(H2,14,15,19). The second kappa shape index (κ2) is 5.77. The molecule has 1 aliphatic heterocycles. The number of carboxylic acids is 1. The number of hydrogen-bond donors (Lipinski definition) is 3. The zero-order valence-corrected chi connectivity index (χ0v) is 11.4. The Kier molecular flexibility index (Phi) is 4.29. The van der Waals surface area contributed by atoms with Crippen LogP contribution >= 0.6 is 0 Å². The van der Waals surface area contributed by atoms with Crippen LogP contribution in [-0.2, 0) is 4.79 Å². The Morgan fingerprint density at radius 3 is 2.47 bits per heavy atom. The predicted molar refractivity (Wildman–Crippen MR) is 71.0 cm³/mol. The zero-order chi connectivity index (χ0) is 13.9. The number of aliphatic carboxylic acids is 1. The number of likely N-dealkylation sites (tertiary alicyclic amines) is 1. The third kappa shape index (κ3) is 3.59. The molecule has 6 heteroatoms. The van der Waals surface area contributed by atoms with Gasteiger partial charge >= 0.3 is 12.0 Å². The molecule has 1 atom stereocenters. The first-order valence-corrected chi connectivity index (χ1v) is 7.04. The fourth-order valence-electron chi connectivity index (χ4n) is 2.60. The Balaban J connectivity index is 1.71. The molecule has 2 rings (SSSR count). The lowest BCUT2D eigenvalue weighted by Crippen LogP contribution is -2.57. The van der Waals surface area contributed by atoms with Crippen molar-refractivity contribution in [3.05, 3.63) is 0 Å². The highest BCUT2D eigenvalue weighted by atomic mass is 16.4. The van der Waals surface area contributed by atoms with Crippen LogP contribution in [0.5, 0.6) is 0 Å². The molecule has 1 aliphatic carbocycles. The molecule has 0 radical (unpaired) electrons. The molecule has 1 unspecified atom stereocenters. The summed E-state index contributed by atoms with van der Waals surface area (Å²) in [6.07, 6.45) is 4.20. The van der Waals surface area contributed by atoms with Crippen LogP contribution in [0.25, 0.3) is 0 Å². The van der Waals surface area contributed by atoms with E-state index in [-0.39, 0.29) is 11.9 Å². The Bertz CT molecular complexity index is 351. The molecule has 0 bridgehead atoms. The fraction of sp³-hybridized carbons (Fsp3) is 0.846. The maximum atomic E-state index is 11.8. The number of hydrogen-bond acceptors (Lipinski definition) is 3. The molecule has 2 aliphatic rings. The van der Waals surface area contributed by atoms with E-state index in [4.69, 9.17) is 0 Å². The van der Waals surface area contributed by atoms with Crippen molar-refractivity contribution in [3.8, 4) is 0 Å². The highest BCUT2D eigenvalue weighted by molar-refractivity contribution is 5.86. The van der Waals surface area contributed by atoms with Crippen molar-refractivity contribution >= 4 is 12.0 Å². The lowest BCUT2D eigenvalue weighted by Gasteiger charge is -2.26. The van der Waals surface area contributed by atoms with Gasteiger partial charge in [0, 0.05) is 13.1 Å². The molecule has 2 amide bonds. The second-order valence-electron chi connectivity index (χ2n) is 5.71. The number of nitrogens with one attached hydrogen (secondary N) is 2. The van der Waals surface area contributed by atoms with E-state index in [9.17, 15) is 14.7 Å². The molecule has 0 spiro atoms. The molecule has 108 valence electrons. The lowest BCUT2D eigenvalue weighted by molar-refractivity contribution is -0.144. The van der Waals surface area contributed by atoms with Crippen molar-refractivity contribution in [2.24, 2.45) is 5.92 Å². The number of amides is 2. The van der Waals surface area contributed by atoms with Crippen molar-refractivity contribution in [2.45, 2.75) is 38.1 Å². The van der Waals surface area contributed by atoms with Gasteiger partial charge in [-0.2, -0.15) is 0 Å². The molecule has 0 aromatic carbocycles. The Morgan fingerprint density at radius 1 is 1.32 bits per heavy atom. The van der Waals surface area contributed by atoms with Gasteiger partial charge in [-0.1, -0.05) is 0 Å². The van der Waals surface area contributed by atoms with Crippen LogP contribution in [0.15, 0.2) is 0 Å². The number of carbonyl (C=O) groups excluding carboxylic acids is 1. The minimum absolute atomic E-state index is 0.0642. The van der Waals surface area contributed by atoms with Gasteiger partial charge in [0.25, 0.3) is 0 Å². The van der Waals surface area contributed by atoms with E-state index in [0.717, 1.165) is 32.5 Å². The molecule has 2 fully saturated rings. The van der Waals surface area contributed by atoms with Gasteiger partial charge < -0.3 is 20.6 Å². The summed E-state index contributed by atoms with van der Waals surface area (Å²) in [6, 6.07) is -0.379. The summed E-state index contributed by atoms with van der Waals surface area (Å²) in [5.41, 5.74) is -1.13. The summed E-state index contributed by atoms with van der Waals surface area (Å²) < 4.78 is 0. The van der Waals surface area contributed by atoms with Crippen LogP contribution in [0.4, 0.5) is 4.79 Å². The van der Waals surface area contributed by atoms with Crippen molar-refractivity contribution in [2.75, 3.05) is 26.2 Å². The Morgan fingerprint density at radius 2 is 1.95 bits per heavy atom. The maximum absolute atomic E-state index is 11.8. The zero-order valence-electron chi connectivity index (χ0n) is 11.4. The average molecular weight is 269 g/mol. The third-order valence-corrected chi connectivity index (χ3v) is 4.12. The van der Waals surface area contributed by atoms with Crippen molar-refractivity contribution in [1.82, 2.24) is 15.5 Å². The smallest absolute Gasteiger partial charge is 0.329 e. The molecule has 1 saturated carbocycles. The van der Waals surface area contributed by atoms with Crippen molar-refractivity contribution < 1.29 is 14.7 Å². The molecular weight excluding hydrogens is 246 g/mol. The largest absolute Gasteiger partial charge is 0.480 e. The first-order valence-electron chi connectivity index (χ1n) is 7.04. The third-order valence-electron chi connectivity index (χ3n) is 4.12. The monoisotopic (exact) mass is 269 g/mol. The van der Waals surface area contributed by atoms with Crippen LogP contribution in [0.1, 0.15) is 32.6 Å². The van der Waals surface area contributed by atoms with Gasteiger partial charge in [0.15, 0.2) is 0 Å². The predicted octanol–water partition coefficient (Wildman–Crippen LogP) is 0.635. The number of nitrogens with zero attached hydrogens (tertiary/aromatic N) is 1. The van der Waals surface area contributed by atoms with Crippen LogP contribution in [0, 0.1) is 5.92 Å². The van der Waals surface area contributed by atoms with Gasteiger partial charge in [0.05, 0.1) is 0 Å². The summed E-state index contributed by atoms with van der Waals surface area (Å²) in [7, 11) is 0. The van der Waals surface area contributed by atoms with Crippen molar-refractivity contribution in [3.63, 3.8) is 0 Å². The molecule has 3 N–H and O–H groups in total. The summed E-state index contributed by atoms with van der Waals surface area (Å²) >= 11 is 0. The number of carbonyl (C=O) groups is 2. The van der Waals surface area contributed by atoms with E-state index >= 15 is 0 Å². The fourth-order valence-corrected chi connectivity index (χ4v) is 2.60. The second-order valence-corrected chi connectivity index (χ2v) is 5.71. The maximum Gasteiger partial charge on any atom is 0.329 e. The quantitative estimate of drug-likeness (QED) is 0.661. The molecule has 19 heavy (non-hydrogen) atoms. The summed E-state index contributed by atoms with van der Waals surface area (Å²) in [6.45, 7) is 5.18. The van der Waals surface area contributed by atoms with Gasteiger partial charge in [-0.15, -0.1) is 0 Å². The first kappa shape index (κ1) is 14.1. The van der Waals surface area contributed by atoms with E-state index in [2.05, 4.69) is 15.5 Å². The molecule has 1 saturated heterocycles. The van der Waals surface area contributed by atoms with Gasteiger partial charge in [0.2, 0.25) is 0 Å². The number of carboxylic acid groups (broad SMARTS) is 1. The minimum atomic E-state index is -1.13. The van der Waals surface area contributed by atoms with E-state index in [0.29, 0.717) is 6.54 Å². The Hall–Kier alpha value is -1.30. The van der Waals surface area contributed by atoms with Gasteiger partial charge in [-0.05, 0) is 51.6 Å². The highest BCUT2D eigenvalue weighted by Crippen LogP contribution is 2.39. The van der Waals surface area contributed by atoms with E-state index in [1.165, 1.54) is 12.8 Å². The molecule has 6 nitrogen and oxygen atoms in total. The SMILES string of the molecule is CC(NC(=O)NCCN1CCCC1)(C(=O)O)C1CC1. The molecule has 1 heterocycles. The lowest BCUT2D eigenvalue weighted by atomic mass is 9.96. The molecule has 0 aromatic heterocycles. The highest BCUT2D eigenvalue weighted by Gasteiger charge is 2.48. The Labute approximate surface area is 113 Å². The summed E-state index contributed by atoms with van der Waals surface area (Å²) in [5, 5.41) is 14.6. The average Bonchev–Trinajstić information content (AvgIpc) is 3.08. The van der Waals surface area contributed by atoms with Gasteiger partial charge in [-0.3, -0.25) is 0 Å². The molecule has 0 aromatic rings. The van der Waals surface area contributed by atoms with Crippen LogP contribution in [0.2, 0.25) is 0 Å². The van der Waals surface area contributed by atoms with Crippen LogP contribution < -0.4 is 10.6 Å². The van der Waals surface area contributed by atoms with E-state index in [1.807, 2.05) is 0 Å². The van der Waals surface area contributed by atoms with Crippen LogP contribution in [0.3, 0.4) is 0 Å². The summed E-state index contributed by atoms with van der Waals surface area (Å²) in [4.78, 5) is 25.3. The normalized spacial score (nSPS) is 22.8. The van der Waals surface area contributed by atoms with Gasteiger partial charge in [-0.25, -0.2) is 9.59 Å². The summed E-state index contributed by atoms with van der Waals surface area (Å²) in [5.74, 6) is -0.890. The topological polar surface area (TPSA) is 81.7 Å². The van der Waals surface area contributed by atoms with Crippen LogP contribution in [-0.4, -0.2) is 53.7 Å². The minimum Gasteiger partial charge on any atom is -0.480 e. The van der Waals surface area contributed by atoms with E-state index < -0.39 is 11.5 Å².